The molecule has 5 atom stereocenters. The first kappa shape index (κ1) is 21.1. The predicted octanol–water partition coefficient (Wildman–Crippen LogP) is 1.31. The van der Waals surface area contributed by atoms with E-state index in [1.54, 1.807) is 5.06 Å². The van der Waals surface area contributed by atoms with Crippen LogP contribution in [-0.4, -0.2) is 73.3 Å². The van der Waals surface area contributed by atoms with Gasteiger partial charge in [0, 0.05) is 0 Å². The molecule has 2 aliphatic heterocycles. The Morgan fingerprint density at radius 3 is 1.92 bits per heavy atom. The zero-order valence-corrected chi connectivity index (χ0v) is 16.9. The molecule has 0 aromatic heterocycles. The Bertz CT molecular complexity index is 537. The summed E-state index contributed by atoms with van der Waals surface area (Å²) >= 11 is 0. The molecular formula is C18H31NO7. The van der Waals surface area contributed by atoms with E-state index >= 15 is 0 Å². The van der Waals surface area contributed by atoms with Crippen LogP contribution in [0.5, 0.6) is 0 Å². The zero-order chi connectivity index (χ0) is 19.9. The van der Waals surface area contributed by atoms with Gasteiger partial charge in [0.1, 0.15) is 18.1 Å². The number of carbonyl (C=O) groups is 2. The Hall–Kier alpha value is -1.22. The van der Waals surface area contributed by atoms with Crippen LogP contribution in [0.1, 0.15) is 41.5 Å². The molecule has 150 valence electrons. The first-order chi connectivity index (χ1) is 11.9. The lowest BCUT2D eigenvalue weighted by Gasteiger charge is -2.35. The van der Waals surface area contributed by atoms with E-state index in [0.717, 1.165) is 0 Å². The lowest BCUT2D eigenvalue weighted by Crippen LogP contribution is -2.49. The first-order valence-electron chi connectivity index (χ1n) is 8.82. The fourth-order valence-corrected chi connectivity index (χ4v) is 3.49. The summed E-state index contributed by atoms with van der Waals surface area (Å²) in [6, 6.07) is -0.502. The minimum absolute atomic E-state index is 0.315. The fourth-order valence-electron chi connectivity index (χ4n) is 3.49. The van der Waals surface area contributed by atoms with Crippen molar-refractivity contribution in [2.75, 3.05) is 20.8 Å². The average Bonchev–Trinajstić information content (AvgIpc) is 3.00. The molecule has 0 aromatic carbocycles. The maximum Gasteiger partial charge on any atom is 0.338 e. The number of fused-ring (bicyclic) bond motifs is 1. The molecule has 0 spiro atoms. The fraction of sp³-hybridized carbons (Fsp3) is 0.889. The Morgan fingerprint density at radius 2 is 1.46 bits per heavy atom. The Balaban J connectivity index is 2.37. The Kier molecular flexibility index (Phi) is 6.02. The topological polar surface area (TPSA) is 83.5 Å². The van der Waals surface area contributed by atoms with Crippen LogP contribution in [0.25, 0.3) is 0 Å². The quantitative estimate of drug-likeness (QED) is 0.682. The van der Waals surface area contributed by atoms with Crippen LogP contribution in [0.3, 0.4) is 0 Å². The van der Waals surface area contributed by atoms with Gasteiger partial charge in [0.05, 0.1) is 38.0 Å². The number of methoxy groups -OCH3 is 2. The van der Waals surface area contributed by atoms with E-state index in [1.807, 2.05) is 41.5 Å². The van der Waals surface area contributed by atoms with Gasteiger partial charge in [0.25, 0.3) is 0 Å². The molecule has 0 aliphatic carbocycles. The molecule has 2 saturated heterocycles. The lowest BCUT2D eigenvalue weighted by atomic mass is 9.90. The van der Waals surface area contributed by atoms with Crippen LogP contribution >= 0.6 is 0 Å². The summed E-state index contributed by atoms with van der Waals surface area (Å²) < 4.78 is 22.1. The summed E-state index contributed by atoms with van der Waals surface area (Å²) in [6.07, 6.45) is -1.84. The molecule has 0 saturated carbocycles. The summed E-state index contributed by atoms with van der Waals surface area (Å²) in [4.78, 5) is 30.3. The van der Waals surface area contributed by atoms with Crippen LogP contribution in [0.2, 0.25) is 0 Å². The zero-order valence-electron chi connectivity index (χ0n) is 16.9. The molecule has 8 heteroatoms. The molecule has 2 heterocycles. The van der Waals surface area contributed by atoms with Crippen LogP contribution in [-0.2, 0) is 33.4 Å². The third kappa shape index (κ3) is 4.54. The van der Waals surface area contributed by atoms with Crippen molar-refractivity contribution >= 4 is 11.9 Å². The highest BCUT2D eigenvalue weighted by molar-refractivity contribution is 5.85. The standard InChI is InChI=1S/C18H31NO7/c1-17(2,3)24-10-9-19-12(13(10)25-18(4,5)6)11(15(20)22-7)14(26-19)16(21)23-8/h10-14H,9H2,1-8H3/t10?,11-,12-,13+,14+/m1/s1. The summed E-state index contributed by atoms with van der Waals surface area (Å²) in [6.45, 7) is 12.1. The van der Waals surface area contributed by atoms with Gasteiger partial charge < -0.3 is 18.9 Å². The van der Waals surface area contributed by atoms with Gasteiger partial charge in [0.2, 0.25) is 0 Å². The third-order valence-electron chi connectivity index (χ3n) is 4.24. The highest BCUT2D eigenvalue weighted by Crippen LogP contribution is 2.41. The lowest BCUT2D eigenvalue weighted by molar-refractivity contribution is -0.189. The monoisotopic (exact) mass is 373 g/mol. The van der Waals surface area contributed by atoms with Gasteiger partial charge in [-0.15, -0.1) is 0 Å². The van der Waals surface area contributed by atoms with Gasteiger partial charge >= 0.3 is 11.9 Å². The van der Waals surface area contributed by atoms with E-state index < -0.39 is 47.3 Å². The van der Waals surface area contributed by atoms with Crippen molar-refractivity contribution in [1.82, 2.24) is 5.06 Å². The molecule has 26 heavy (non-hydrogen) atoms. The molecule has 2 aliphatic rings. The van der Waals surface area contributed by atoms with E-state index in [9.17, 15) is 9.59 Å². The number of hydrogen-bond donors (Lipinski definition) is 0. The summed E-state index contributed by atoms with van der Waals surface area (Å²) in [5, 5.41) is 1.61. The van der Waals surface area contributed by atoms with Crippen LogP contribution in [0.4, 0.5) is 0 Å². The smallest absolute Gasteiger partial charge is 0.338 e. The molecule has 0 N–H and O–H groups in total. The van der Waals surface area contributed by atoms with Crippen LogP contribution < -0.4 is 0 Å². The van der Waals surface area contributed by atoms with Crippen molar-refractivity contribution in [1.29, 1.82) is 0 Å². The summed E-state index contributed by atoms with van der Waals surface area (Å²) in [5.41, 5.74) is -0.864. The molecule has 0 radical (unpaired) electrons. The summed E-state index contributed by atoms with van der Waals surface area (Å²) in [7, 11) is 2.55. The van der Waals surface area contributed by atoms with Crippen LogP contribution in [0, 0.1) is 5.92 Å². The molecule has 1 unspecified atom stereocenters. The second kappa shape index (κ2) is 7.42. The number of rotatable bonds is 4. The van der Waals surface area contributed by atoms with Crippen molar-refractivity contribution in [2.45, 2.75) is 77.1 Å². The highest BCUT2D eigenvalue weighted by Gasteiger charge is 2.61. The molecule has 0 aromatic rings. The van der Waals surface area contributed by atoms with Gasteiger partial charge in [-0.2, -0.15) is 5.06 Å². The predicted molar refractivity (Wildman–Crippen MR) is 92.1 cm³/mol. The number of carbonyl (C=O) groups excluding carboxylic acids is 2. The number of nitrogens with zero attached hydrogens (tertiary/aromatic N) is 1. The number of hydroxylamine groups is 2. The third-order valence-corrected chi connectivity index (χ3v) is 4.24. The van der Waals surface area contributed by atoms with Gasteiger partial charge in [-0.05, 0) is 41.5 Å². The Morgan fingerprint density at radius 1 is 0.923 bits per heavy atom. The van der Waals surface area contributed by atoms with Crippen molar-refractivity contribution in [2.24, 2.45) is 5.92 Å². The van der Waals surface area contributed by atoms with E-state index in [0.29, 0.717) is 6.54 Å². The largest absolute Gasteiger partial charge is 0.469 e. The summed E-state index contributed by atoms with van der Waals surface area (Å²) in [5.74, 6) is -2.00. The highest BCUT2D eigenvalue weighted by atomic mass is 16.7. The maximum absolute atomic E-state index is 12.5. The number of hydrogen-bond acceptors (Lipinski definition) is 8. The minimum atomic E-state index is -1.06. The number of esters is 2. The molecule has 2 rings (SSSR count). The maximum atomic E-state index is 12.5. The van der Waals surface area contributed by atoms with E-state index in [2.05, 4.69) is 0 Å². The van der Waals surface area contributed by atoms with Crippen molar-refractivity contribution in [3.05, 3.63) is 0 Å². The average molecular weight is 373 g/mol. The second-order valence-corrected chi connectivity index (χ2v) is 8.65. The van der Waals surface area contributed by atoms with Crippen molar-refractivity contribution in [3.8, 4) is 0 Å². The SMILES string of the molecule is COC(=O)[C@@H]1[C@@H]2[C@@H](OC(C)(C)C)C(OC(C)(C)C)CN2O[C@@H]1C(=O)OC. The van der Waals surface area contributed by atoms with Gasteiger partial charge in [-0.25, -0.2) is 4.79 Å². The molecular weight excluding hydrogens is 342 g/mol. The van der Waals surface area contributed by atoms with Crippen LogP contribution in [0.15, 0.2) is 0 Å². The first-order valence-corrected chi connectivity index (χ1v) is 8.82. The Labute approximate surface area is 155 Å². The molecule has 0 amide bonds. The molecule has 8 nitrogen and oxygen atoms in total. The van der Waals surface area contributed by atoms with E-state index in [4.69, 9.17) is 23.8 Å². The van der Waals surface area contributed by atoms with E-state index in [1.165, 1.54) is 14.2 Å². The van der Waals surface area contributed by atoms with E-state index in [-0.39, 0.29) is 6.10 Å². The van der Waals surface area contributed by atoms with Gasteiger partial charge in [-0.3, -0.25) is 9.63 Å². The molecule has 2 fully saturated rings. The van der Waals surface area contributed by atoms with Crippen molar-refractivity contribution in [3.63, 3.8) is 0 Å². The van der Waals surface area contributed by atoms with Gasteiger partial charge in [0.15, 0.2) is 6.10 Å². The minimum Gasteiger partial charge on any atom is -0.469 e. The normalized spacial score (nSPS) is 32.4. The van der Waals surface area contributed by atoms with Crippen molar-refractivity contribution < 1.29 is 33.4 Å². The second-order valence-electron chi connectivity index (χ2n) is 8.65. The number of ether oxygens (including phenoxy) is 4. The van der Waals surface area contributed by atoms with Gasteiger partial charge in [-0.1, -0.05) is 0 Å². The molecule has 0 bridgehead atoms.